The van der Waals surface area contributed by atoms with Crippen LogP contribution in [0.25, 0.3) is 0 Å². The van der Waals surface area contributed by atoms with E-state index < -0.39 is 5.79 Å². The van der Waals surface area contributed by atoms with Crippen molar-refractivity contribution in [1.29, 1.82) is 0 Å². The molecule has 0 spiro atoms. The quantitative estimate of drug-likeness (QED) is 0.662. The molecule has 1 saturated carbocycles. The van der Waals surface area contributed by atoms with E-state index in [1.165, 1.54) is 19.3 Å². The van der Waals surface area contributed by atoms with Crippen LogP contribution in [0, 0.1) is 5.92 Å². The van der Waals surface area contributed by atoms with Crippen molar-refractivity contribution in [3.63, 3.8) is 0 Å². The minimum atomic E-state index is -0.880. The lowest BCUT2D eigenvalue weighted by molar-refractivity contribution is -0.226. The Hall–Kier alpha value is -0.0800. The standard InChI is InChI=1S/C10H20O2/c1-3-12-10(2,11)9-7-5-4-6-8-9/h9,11H,3-8H2,1-2H3. The van der Waals surface area contributed by atoms with Gasteiger partial charge in [-0.1, -0.05) is 19.3 Å². The molecule has 0 aromatic rings. The molecule has 0 aliphatic heterocycles. The lowest BCUT2D eigenvalue weighted by atomic mass is 9.84. The van der Waals surface area contributed by atoms with Crippen molar-refractivity contribution in [3.05, 3.63) is 0 Å². The molecule has 0 radical (unpaired) electrons. The van der Waals surface area contributed by atoms with Crippen molar-refractivity contribution in [3.8, 4) is 0 Å². The van der Waals surface area contributed by atoms with Crippen LogP contribution in [-0.2, 0) is 4.74 Å². The van der Waals surface area contributed by atoms with Crippen molar-refractivity contribution in [2.24, 2.45) is 5.92 Å². The Morgan fingerprint density at radius 1 is 1.33 bits per heavy atom. The van der Waals surface area contributed by atoms with Gasteiger partial charge in [-0.3, -0.25) is 0 Å². The van der Waals surface area contributed by atoms with E-state index in [1.54, 1.807) is 6.92 Å². The Labute approximate surface area is 74.9 Å². The highest BCUT2D eigenvalue weighted by Gasteiger charge is 2.32. The second-order valence-electron chi connectivity index (χ2n) is 3.82. The van der Waals surface area contributed by atoms with Crippen molar-refractivity contribution >= 4 is 0 Å². The van der Waals surface area contributed by atoms with E-state index in [9.17, 15) is 5.11 Å². The van der Waals surface area contributed by atoms with Crippen LogP contribution in [-0.4, -0.2) is 17.5 Å². The molecule has 0 aromatic carbocycles. The number of aliphatic hydroxyl groups is 1. The Bertz CT molecular complexity index is 126. The summed E-state index contributed by atoms with van der Waals surface area (Å²) in [5.41, 5.74) is 0. The zero-order valence-electron chi connectivity index (χ0n) is 8.18. The van der Waals surface area contributed by atoms with Gasteiger partial charge in [-0.05, 0) is 26.7 Å². The SMILES string of the molecule is CCOC(C)(O)C1CCCCC1. The first-order valence-electron chi connectivity index (χ1n) is 5.03. The first kappa shape index (κ1) is 10.0. The number of ether oxygens (including phenoxy) is 1. The first-order valence-corrected chi connectivity index (χ1v) is 5.03. The van der Waals surface area contributed by atoms with Gasteiger partial charge in [0, 0.05) is 12.5 Å². The molecule has 0 aromatic heterocycles. The molecule has 1 aliphatic carbocycles. The maximum absolute atomic E-state index is 9.92. The largest absolute Gasteiger partial charge is 0.365 e. The molecule has 2 nitrogen and oxygen atoms in total. The number of hydrogen-bond donors (Lipinski definition) is 1. The van der Waals surface area contributed by atoms with Gasteiger partial charge in [0.05, 0.1) is 0 Å². The van der Waals surface area contributed by atoms with Gasteiger partial charge in [-0.25, -0.2) is 0 Å². The van der Waals surface area contributed by atoms with Crippen LogP contribution in [0.15, 0.2) is 0 Å². The highest BCUT2D eigenvalue weighted by molar-refractivity contribution is 4.76. The van der Waals surface area contributed by atoms with Crippen molar-refractivity contribution < 1.29 is 9.84 Å². The average molecular weight is 172 g/mol. The summed E-state index contributed by atoms with van der Waals surface area (Å²) in [6.07, 6.45) is 6.04. The van der Waals surface area contributed by atoms with E-state index in [-0.39, 0.29) is 0 Å². The van der Waals surface area contributed by atoms with Gasteiger partial charge in [0.15, 0.2) is 5.79 Å². The van der Waals surface area contributed by atoms with E-state index in [0.717, 1.165) is 12.8 Å². The van der Waals surface area contributed by atoms with Gasteiger partial charge in [0.2, 0.25) is 0 Å². The molecule has 1 aliphatic rings. The Morgan fingerprint density at radius 2 is 1.92 bits per heavy atom. The summed E-state index contributed by atoms with van der Waals surface area (Å²) in [5.74, 6) is -0.527. The molecule has 0 bridgehead atoms. The summed E-state index contributed by atoms with van der Waals surface area (Å²) in [6.45, 7) is 4.33. The molecule has 0 amide bonds. The predicted molar refractivity (Wildman–Crippen MR) is 48.8 cm³/mol. The summed E-state index contributed by atoms with van der Waals surface area (Å²) < 4.78 is 5.32. The molecule has 1 rings (SSSR count). The maximum atomic E-state index is 9.92. The third-order valence-electron chi connectivity index (χ3n) is 2.80. The highest BCUT2D eigenvalue weighted by atomic mass is 16.6. The van der Waals surface area contributed by atoms with Gasteiger partial charge >= 0.3 is 0 Å². The fraction of sp³-hybridized carbons (Fsp3) is 1.00. The molecule has 72 valence electrons. The van der Waals surface area contributed by atoms with Gasteiger partial charge in [0.1, 0.15) is 0 Å². The normalized spacial score (nSPS) is 25.2. The Kier molecular flexibility index (Phi) is 3.53. The van der Waals surface area contributed by atoms with Gasteiger partial charge in [-0.15, -0.1) is 0 Å². The molecule has 1 atom stereocenters. The fourth-order valence-corrected chi connectivity index (χ4v) is 2.05. The highest BCUT2D eigenvalue weighted by Crippen LogP contribution is 2.33. The molecule has 0 saturated heterocycles. The minimum Gasteiger partial charge on any atom is -0.365 e. The van der Waals surface area contributed by atoms with E-state index in [0.29, 0.717) is 12.5 Å². The molecular weight excluding hydrogens is 152 g/mol. The average Bonchev–Trinajstić information content (AvgIpc) is 2.06. The fourth-order valence-electron chi connectivity index (χ4n) is 2.05. The number of hydrogen-bond acceptors (Lipinski definition) is 2. The third kappa shape index (κ3) is 2.46. The summed E-state index contributed by atoms with van der Waals surface area (Å²) in [4.78, 5) is 0. The van der Waals surface area contributed by atoms with Gasteiger partial charge in [0.25, 0.3) is 0 Å². The minimum absolute atomic E-state index is 0.353. The Balaban J connectivity index is 2.41. The zero-order valence-corrected chi connectivity index (χ0v) is 8.18. The summed E-state index contributed by atoms with van der Waals surface area (Å²) in [5, 5.41) is 9.92. The molecule has 0 heterocycles. The molecule has 1 unspecified atom stereocenters. The van der Waals surface area contributed by atoms with Crippen molar-refractivity contribution in [2.75, 3.05) is 6.61 Å². The molecular formula is C10H20O2. The predicted octanol–water partition coefficient (Wildman–Crippen LogP) is 2.31. The van der Waals surface area contributed by atoms with E-state index >= 15 is 0 Å². The van der Waals surface area contributed by atoms with Crippen molar-refractivity contribution in [1.82, 2.24) is 0 Å². The van der Waals surface area contributed by atoms with Crippen LogP contribution < -0.4 is 0 Å². The smallest absolute Gasteiger partial charge is 0.165 e. The lowest BCUT2D eigenvalue weighted by Gasteiger charge is -2.34. The summed E-state index contributed by atoms with van der Waals surface area (Å²) in [7, 11) is 0. The van der Waals surface area contributed by atoms with E-state index in [1.807, 2.05) is 6.92 Å². The summed E-state index contributed by atoms with van der Waals surface area (Å²) >= 11 is 0. The van der Waals surface area contributed by atoms with Gasteiger partial charge < -0.3 is 9.84 Å². The first-order chi connectivity index (χ1) is 5.67. The van der Waals surface area contributed by atoms with E-state index in [4.69, 9.17) is 4.74 Å². The van der Waals surface area contributed by atoms with Crippen LogP contribution in [0.5, 0.6) is 0 Å². The van der Waals surface area contributed by atoms with Crippen molar-refractivity contribution in [2.45, 2.75) is 51.7 Å². The maximum Gasteiger partial charge on any atom is 0.165 e. The van der Waals surface area contributed by atoms with Crippen LogP contribution in [0.2, 0.25) is 0 Å². The zero-order chi connectivity index (χ0) is 9.03. The second-order valence-corrected chi connectivity index (χ2v) is 3.82. The molecule has 1 fully saturated rings. The van der Waals surface area contributed by atoms with Crippen LogP contribution in [0.1, 0.15) is 46.0 Å². The van der Waals surface area contributed by atoms with Crippen LogP contribution >= 0.6 is 0 Å². The molecule has 2 heteroatoms. The van der Waals surface area contributed by atoms with Gasteiger partial charge in [-0.2, -0.15) is 0 Å². The molecule has 1 N–H and O–H groups in total. The lowest BCUT2D eigenvalue weighted by Crippen LogP contribution is -2.38. The topological polar surface area (TPSA) is 29.5 Å². The monoisotopic (exact) mass is 172 g/mol. The summed E-state index contributed by atoms with van der Waals surface area (Å²) in [6, 6.07) is 0. The van der Waals surface area contributed by atoms with E-state index in [2.05, 4.69) is 0 Å². The molecule has 12 heavy (non-hydrogen) atoms. The Morgan fingerprint density at radius 3 is 2.42 bits per heavy atom. The second kappa shape index (κ2) is 4.24. The third-order valence-corrected chi connectivity index (χ3v) is 2.80. The number of rotatable bonds is 3. The van der Waals surface area contributed by atoms with Crippen LogP contribution in [0.4, 0.5) is 0 Å². The van der Waals surface area contributed by atoms with Crippen LogP contribution in [0.3, 0.4) is 0 Å².